The molecule has 0 aromatic heterocycles. The van der Waals surface area contributed by atoms with Gasteiger partial charge in [0.2, 0.25) is 0 Å². The highest BCUT2D eigenvalue weighted by molar-refractivity contribution is 6.30. The standard InChI is InChI=1S/C14H20ClNO/c1-16-11-14(7-2-3-8-14)17-10-12-5-4-6-13(15)9-12/h4-6,9,16H,2-3,7-8,10-11H2,1H3. The van der Waals surface area contributed by atoms with Gasteiger partial charge in [0.1, 0.15) is 0 Å². The maximum atomic E-state index is 6.15. The van der Waals surface area contributed by atoms with Crippen molar-refractivity contribution in [2.75, 3.05) is 13.6 Å². The van der Waals surface area contributed by atoms with Crippen molar-refractivity contribution in [1.82, 2.24) is 5.32 Å². The number of nitrogens with one attached hydrogen (secondary N) is 1. The molecule has 0 amide bonds. The Balaban J connectivity index is 1.95. The maximum absolute atomic E-state index is 6.15. The number of hydrogen-bond acceptors (Lipinski definition) is 2. The second-order valence-corrected chi connectivity index (χ2v) is 5.28. The Labute approximate surface area is 108 Å². The fourth-order valence-corrected chi connectivity index (χ4v) is 2.79. The largest absolute Gasteiger partial charge is 0.369 e. The number of likely N-dealkylation sites (N-methyl/N-ethyl adjacent to an activating group) is 1. The van der Waals surface area contributed by atoms with E-state index in [1.807, 2.05) is 25.2 Å². The number of hydrogen-bond donors (Lipinski definition) is 1. The second-order valence-electron chi connectivity index (χ2n) is 4.84. The van der Waals surface area contributed by atoms with E-state index >= 15 is 0 Å². The van der Waals surface area contributed by atoms with Crippen LogP contribution < -0.4 is 5.32 Å². The van der Waals surface area contributed by atoms with Gasteiger partial charge in [-0.1, -0.05) is 36.6 Å². The molecule has 1 fully saturated rings. The molecule has 1 aliphatic carbocycles. The van der Waals surface area contributed by atoms with E-state index in [0.29, 0.717) is 6.61 Å². The molecule has 0 unspecified atom stereocenters. The van der Waals surface area contributed by atoms with Gasteiger partial charge in [0.25, 0.3) is 0 Å². The Morgan fingerprint density at radius 2 is 2.12 bits per heavy atom. The Kier molecular flexibility index (Phi) is 4.43. The lowest BCUT2D eigenvalue weighted by atomic mass is 10.0. The molecule has 0 radical (unpaired) electrons. The van der Waals surface area contributed by atoms with E-state index in [9.17, 15) is 0 Å². The van der Waals surface area contributed by atoms with E-state index in [1.165, 1.54) is 12.8 Å². The Morgan fingerprint density at radius 1 is 1.35 bits per heavy atom. The summed E-state index contributed by atoms with van der Waals surface area (Å²) in [6.07, 6.45) is 4.87. The number of rotatable bonds is 5. The lowest BCUT2D eigenvalue weighted by molar-refractivity contribution is -0.0493. The Morgan fingerprint density at radius 3 is 2.76 bits per heavy atom. The predicted octanol–water partition coefficient (Wildman–Crippen LogP) is 3.39. The summed E-state index contributed by atoms with van der Waals surface area (Å²) < 4.78 is 6.15. The molecule has 0 saturated heterocycles. The van der Waals surface area contributed by atoms with Crippen LogP contribution in [0.1, 0.15) is 31.2 Å². The molecule has 1 saturated carbocycles. The van der Waals surface area contributed by atoms with Crippen LogP contribution in [0.2, 0.25) is 5.02 Å². The summed E-state index contributed by atoms with van der Waals surface area (Å²) in [7, 11) is 1.99. The molecule has 3 heteroatoms. The topological polar surface area (TPSA) is 21.3 Å². The van der Waals surface area contributed by atoms with E-state index in [2.05, 4.69) is 11.4 Å². The molecule has 0 aliphatic heterocycles. The van der Waals surface area contributed by atoms with E-state index in [-0.39, 0.29) is 5.60 Å². The van der Waals surface area contributed by atoms with Gasteiger partial charge < -0.3 is 10.1 Å². The minimum atomic E-state index is 0.0388. The van der Waals surface area contributed by atoms with Crippen LogP contribution in [0.25, 0.3) is 0 Å². The van der Waals surface area contributed by atoms with Gasteiger partial charge in [0, 0.05) is 11.6 Å². The predicted molar refractivity (Wildman–Crippen MR) is 71.4 cm³/mol. The molecule has 0 spiro atoms. The van der Waals surface area contributed by atoms with Crippen LogP contribution in [0, 0.1) is 0 Å². The highest BCUT2D eigenvalue weighted by atomic mass is 35.5. The summed E-state index contributed by atoms with van der Waals surface area (Å²) in [5, 5.41) is 4.03. The molecule has 2 rings (SSSR count). The average molecular weight is 254 g/mol. The Bertz CT molecular complexity index is 361. The van der Waals surface area contributed by atoms with Crippen molar-refractivity contribution in [2.24, 2.45) is 0 Å². The number of ether oxygens (including phenoxy) is 1. The molecule has 1 N–H and O–H groups in total. The highest BCUT2D eigenvalue weighted by Gasteiger charge is 2.33. The minimum absolute atomic E-state index is 0.0388. The van der Waals surface area contributed by atoms with Crippen molar-refractivity contribution < 1.29 is 4.74 Å². The molecule has 0 bridgehead atoms. The lowest BCUT2D eigenvalue weighted by Crippen LogP contribution is -2.39. The quantitative estimate of drug-likeness (QED) is 0.869. The fourth-order valence-electron chi connectivity index (χ4n) is 2.58. The van der Waals surface area contributed by atoms with E-state index in [1.54, 1.807) is 0 Å². The fraction of sp³-hybridized carbons (Fsp3) is 0.571. The van der Waals surface area contributed by atoms with Gasteiger partial charge in [-0.25, -0.2) is 0 Å². The van der Waals surface area contributed by atoms with Crippen LogP contribution in [0.5, 0.6) is 0 Å². The zero-order chi connectivity index (χ0) is 12.1. The third kappa shape index (κ3) is 3.44. The molecule has 2 nitrogen and oxygen atoms in total. The SMILES string of the molecule is CNCC1(OCc2cccc(Cl)c2)CCCC1. The van der Waals surface area contributed by atoms with Gasteiger partial charge in [0.05, 0.1) is 12.2 Å². The summed E-state index contributed by atoms with van der Waals surface area (Å²) in [6, 6.07) is 7.90. The van der Waals surface area contributed by atoms with E-state index in [4.69, 9.17) is 16.3 Å². The average Bonchev–Trinajstić information content (AvgIpc) is 2.76. The Hall–Kier alpha value is -0.570. The van der Waals surface area contributed by atoms with Gasteiger partial charge in [0.15, 0.2) is 0 Å². The summed E-state index contributed by atoms with van der Waals surface area (Å²) in [6.45, 7) is 1.59. The van der Waals surface area contributed by atoms with E-state index in [0.717, 1.165) is 30.0 Å². The smallest absolute Gasteiger partial charge is 0.0810 e. The third-order valence-electron chi connectivity index (χ3n) is 3.45. The van der Waals surface area contributed by atoms with Crippen molar-refractivity contribution in [3.8, 4) is 0 Å². The number of halogens is 1. The maximum Gasteiger partial charge on any atom is 0.0810 e. The first-order valence-corrected chi connectivity index (χ1v) is 6.65. The van der Waals surface area contributed by atoms with Gasteiger partial charge in [-0.15, -0.1) is 0 Å². The van der Waals surface area contributed by atoms with Gasteiger partial charge in [-0.2, -0.15) is 0 Å². The molecule has 1 aromatic rings. The van der Waals surface area contributed by atoms with Gasteiger partial charge in [-0.3, -0.25) is 0 Å². The first kappa shape index (κ1) is 12.9. The van der Waals surface area contributed by atoms with Crippen LogP contribution in [0.15, 0.2) is 24.3 Å². The van der Waals surface area contributed by atoms with Crippen LogP contribution in [-0.2, 0) is 11.3 Å². The molecule has 1 aliphatic rings. The zero-order valence-electron chi connectivity index (χ0n) is 10.3. The lowest BCUT2D eigenvalue weighted by Gasteiger charge is -2.29. The molecule has 0 heterocycles. The second kappa shape index (κ2) is 5.85. The highest BCUT2D eigenvalue weighted by Crippen LogP contribution is 2.33. The van der Waals surface area contributed by atoms with Crippen molar-refractivity contribution in [1.29, 1.82) is 0 Å². The van der Waals surface area contributed by atoms with Crippen LogP contribution in [0.3, 0.4) is 0 Å². The van der Waals surface area contributed by atoms with Crippen molar-refractivity contribution in [2.45, 2.75) is 37.9 Å². The molecular weight excluding hydrogens is 234 g/mol. The number of benzene rings is 1. The zero-order valence-corrected chi connectivity index (χ0v) is 11.1. The minimum Gasteiger partial charge on any atom is -0.369 e. The van der Waals surface area contributed by atoms with Crippen molar-refractivity contribution in [3.63, 3.8) is 0 Å². The summed E-state index contributed by atoms with van der Waals surface area (Å²) in [4.78, 5) is 0. The summed E-state index contributed by atoms with van der Waals surface area (Å²) in [5.41, 5.74) is 1.19. The normalized spacial score (nSPS) is 18.5. The van der Waals surface area contributed by atoms with Crippen molar-refractivity contribution >= 4 is 11.6 Å². The molecule has 94 valence electrons. The molecule has 1 aromatic carbocycles. The first-order chi connectivity index (χ1) is 8.24. The van der Waals surface area contributed by atoms with Crippen molar-refractivity contribution in [3.05, 3.63) is 34.9 Å². The summed E-state index contributed by atoms with van der Waals surface area (Å²) >= 11 is 5.97. The van der Waals surface area contributed by atoms with Gasteiger partial charge >= 0.3 is 0 Å². The summed E-state index contributed by atoms with van der Waals surface area (Å²) in [5.74, 6) is 0. The monoisotopic (exact) mass is 253 g/mol. The van der Waals surface area contributed by atoms with Crippen LogP contribution in [-0.4, -0.2) is 19.2 Å². The van der Waals surface area contributed by atoms with Crippen LogP contribution >= 0.6 is 11.6 Å². The molecule has 17 heavy (non-hydrogen) atoms. The first-order valence-electron chi connectivity index (χ1n) is 6.27. The molecule has 0 atom stereocenters. The molecular formula is C14H20ClNO. The third-order valence-corrected chi connectivity index (χ3v) is 3.68. The van der Waals surface area contributed by atoms with E-state index < -0.39 is 0 Å². The van der Waals surface area contributed by atoms with Gasteiger partial charge in [-0.05, 0) is 37.6 Å². The van der Waals surface area contributed by atoms with Crippen LogP contribution in [0.4, 0.5) is 0 Å².